The van der Waals surface area contributed by atoms with Crippen LogP contribution in [0.2, 0.25) is 5.02 Å². The van der Waals surface area contributed by atoms with E-state index in [0.29, 0.717) is 18.8 Å². The zero-order valence-corrected chi connectivity index (χ0v) is 18.9. The van der Waals surface area contributed by atoms with Crippen molar-refractivity contribution < 1.29 is 14.6 Å². The zero-order valence-electron chi connectivity index (χ0n) is 18.1. The number of hydrogen-bond acceptors (Lipinski definition) is 2. The number of hydrogen-bond donors (Lipinski definition) is 1. The van der Waals surface area contributed by atoms with Crippen LogP contribution in [0.1, 0.15) is 59.2 Å². The first-order valence-electron chi connectivity index (χ1n) is 10.8. The predicted molar refractivity (Wildman–Crippen MR) is 127 cm³/mol. The smallest absolute Gasteiger partial charge is 0.336 e. The van der Waals surface area contributed by atoms with Gasteiger partial charge in [-0.15, -0.1) is 0 Å². The van der Waals surface area contributed by atoms with Crippen LogP contribution in [0.4, 0.5) is 0 Å². The number of carboxylic acid groups (broad SMARTS) is 1. The van der Waals surface area contributed by atoms with Gasteiger partial charge in [0.25, 0.3) is 0 Å². The molecular formula is C27H29ClO3. The van der Waals surface area contributed by atoms with Crippen molar-refractivity contribution >= 4 is 17.6 Å². The lowest BCUT2D eigenvalue weighted by atomic mass is 9.94. The van der Waals surface area contributed by atoms with E-state index in [0.717, 1.165) is 52.1 Å². The second-order valence-corrected chi connectivity index (χ2v) is 8.28. The number of unbranched alkanes of at least 4 members (excludes halogenated alkanes) is 1. The maximum atomic E-state index is 11.8. The number of carbonyl (C=O) groups is 1. The average molecular weight is 437 g/mol. The third kappa shape index (κ3) is 5.96. The van der Waals surface area contributed by atoms with Crippen LogP contribution >= 0.6 is 11.6 Å². The van der Waals surface area contributed by atoms with Crippen molar-refractivity contribution in [1.29, 1.82) is 0 Å². The standard InChI is InChI=1S/C27H29ClO3/c1-3-4-10-21(23-12-7-8-13-26(23)28)18-31-17-20-14-15-24(27(29)30)25(16-20)22-11-6-5-9-19(22)2/h5-9,11-16,21H,3-4,10,17-18H2,1-2H3,(H,29,30). The van der Waals surface area contributed by atoms with Crippen LogP contribution in [0.15, 0.2) is 66.7 Å². The summed E-state index contributed by atoms with van der Waals surface area (Å²) in [5.41, 5.74) is 5.08. The molecule has 0 aliphatic rings. The van der Waals surface area contributed by atoms with Gasteiger partial charge >= 0.3 is 5.97 Å². The van der Waals surface area contributed by atoms with Gasteiger partial charge in [-0.05, 0) is 59.4 Å². The molecule has 0 aliphatic heterocycles. The number of benzene rings is 3. The maximum Gasteiger partial charge on any atom is 0.336 e. The highest BCUT2D eigenvalue weighted by Gasteiger charge is 2.16. The Balaban J connectivity index is 1.78. The molecule has 0 saturated carbocycles. The SMILES string of the molecule is CCCCC(COCc1ccc(C(=O)O)c(-c2ccccc2C)c1)c1ccccc1Cl. The molecule has 0 fully saturated rings. The second kappa shape index (κ2) is 11.1. The summed E-state index contributed by atoms with van der Waals surface area (Å²) >= 11 is 6.43. The highest BCUT2D eigenvalue weighted by Crippen LogP contribution is 2.31. The number of aryl methyl sites for hydroxylation is 1. The fourth-order valence-corrected chi connectivity index (χ4v) is 4.16. The average Bonchev–Trinajstić information content (AvgIpc) is 2.77. The van der Waals surface area contributed by atoms with E-state index in [2.05, 4.69) is 13.0 Å². The number of ether oxygens (including phenoxy) is 1. The molecule has 1 N–H and O–H groups in total. The van der Waals surface area contributed by atoms with Crippen molar-refractivity contribution in [3.8, 4) is 11.1 Å². The molecule has 3 rings (SSSR count). The van der Waals surface area contributed by atoms with Crippen molar-refractivity contribution in [2.24, 2.45) is 0 Å². The quantitative estimate of drug-likeness (QED) is 0.357. The van der Waals surface area contributed by atoms with E-state index in [4.69, 9.17) is 16.3 Å². The molecule has 0 saturated heterocycles. The molecule has 1 unspecified atom stereocenters. The zero-order chi connectivity index (χ0) is 22.2. The molecule has 162 valence electrons. The van der Waals surface area contributed by atoms with E-state index < -0.39 is 5.97 Å². The molecule has 0 radical (unpaired) electrons. The van der Waals surface area contributed by atoms with Crippen LogP contribution in [0.3, 0.4) is 0 Å². The van der Waals surface area contributed by atoms with E-state index >= 15 is 0 Å². The molecule has 0 aromatic heterocycles. The summed E-state index contributed by atoms with van der Waals surface area (Å²) < 4.78 is 6.10. The summed E-state index contributed by atoms with van der Waals surface area (Å²) in [6, 6.07) is 21.2. The molecule has 31 heavy (non-hydrogen) atoms. The molecule has 0 spiro atoms. The molecule has 3 nitrogen and oxygen atoms in total. The van der Waals surface area contributed by atoms with E-state index in [9.17, 15) is 9.90 Å². The molecular weight excluding hydrogens is 408 g/mol. The minimum Gasteiger partial charge on any atom is -0.478 e. The Morgan fingerprint density at radius 3 is 2.48 bits per heavy atom. The summed E-state index contributed by atoms with van der Waals surface area (Å²) in [6.07, 6.45) is 3.26. The second-order valence-electron chi connectivity index (χ2n) is 7.88. The molecule has 0 heterocycles. The van der Waals surface area contributed by atoms with Crippen LogP contribution in [-0.4, -0.2) is 17.7 Å². The Morgan fingerprint density at radius 2 is 1.77 bits per heavy atom. The van der Waals surface area contributed by atoms with Crippen LogP contribution in [0, 0.1) is 6.92 Å². The van der Waals surface area contributed by atoms with Crippen LogP contribution in [-0.2, 0) is 11.3 Å². The third-order valence-electron chi connectivity index (χ3n) is 5.59. The van der Waals surface area contributed by atoms with Crippen molar-refractivity contribution in [3.05, 3.63) is 94.0 Å². The Kier molecular flexibility index (Phi) is 8.27. The normalized spacial score (nSPS) is 12.0. The van der Waals surface area contributed by atoms with Gasteiger partial charge in [-0.3, -0.25) is 0 Å². The minimum atomic E-state index is -0.927. The molecule has 0 aliphatic carbocycles. The monoisotopic (exact) mass is 436 g/mol. The van der Waals surface area contributed by atoms with Crippen molar-refractivity contribution in [2.75, 3.05) is 6.61 Å². The van der Waals surface area contributed by atoms with Gasteiger partial charge in [-0.2, -0.15) is 0 Å². The van der Waals surface area contributed by atoms with Gasteiger partial charge in [0.1, 0.15) is 0 Å². The molecule has 4 heteroatoms. The summed E-state index contributed by atoms with van der Waals surface area (Å²) in [4.78, 5) is 11.8. The number of aromatic carboxylic acids is 1. The van der Waals surface area contributed by atoms with Gasteiger partial charge in [0.05, 0.1) is 18.8 Å². The first-order chi connectivity index (χ1) is 15.0. The van der Waals surface area contributed by atoms with Crippen molar-refractivity contribution in [1.82, 2.24) is 0 Å². The first kappa shape index (κ1) is 23.1. The fraction of sp³-hybridized carbons (Fsp3) is 0.296. The molecule has 0 amide bonds. The fourth-order valence-electron chi connectivity index (χ4n) is 3.87. The summed E-state index contributed by atoms with van der Waals surface area (Å²) in [7, 11) is 0. The maximum absolute atomic E-state index is 11.8. The molecule has 0 bridgehead atoms. The Hall–Kier alpha value is -2.62. The summed E-state index contributed by atoms with van der Waals surface area (Å²) in [5.74, 6) is -0.688. The number of rotatable bonds is 10. The van der Waals surface area contributed by atoms with E-state index in [1.807, 2.05) is 61.5 Å². The van der Waals surface area contributed by atoms with Gasteiger partial charge in [0, 0.05) is 10.9 Å². The Bertz CT molecular complexity index is 1030. The third-order valence-corrected chi connectivity index (χ3v) is 5.93. The molecule has 3 aromatic rings. The number of carboxylic acids is 1. The summed E-state index contributed by atoms with van der Waals surface area (Å²) in [5, 5.41) is 10.4. The van der Waals surface area contributed by atoms with Gasteiger partial charge in [0.2, 0.25) is 0 Å². The molecule has 1 atom stereocenters. The largest absolute Gasteiger partial charge is 0.478 e. The van der Waals surface area contributed by atoms with Crippen molar-refractivity contribution in [3.63, 3.8) is 0 Å². The highest BCUT2D eigenvalue weighted by molar-refractivity contribution is 6.31. The Labute approximate surface area is 189 Å². The van der Waals surface area contributed by atoms with Gasteiger partial charge in [-0.1, -0.05) is 79.9 Å². The lowest BCUT2D eigenvalue weighted by Crippen LogP contribution is -2.09. The topological polar surface area (TPSA) is 46.5 Å². The van der Waals surface area contributed by atoms with E-state index in [1.165, 1.54) is 0 Å². The minimum absolute atomic E-state index is 0.239. The van der Waals surface area contributed by atoms with Crippen LogP contribution in [0.5, 0.6) is 0 Å². The van der Waals surface area contributed by atoms with E-state index in [1.54, 1.807) is 6.07 Å². The molecule has 3 aromatic carbocycles. The number of halogens is 1. The van der Waals surface area contributed by atoms with Gasteiger partial charge in [-0.25, -0.2) is 4.79 Å². The Morgan fingerprint density at radius 1 is 1.03 bits per heavy atom. The predicted octanol–water partition coefficient (Wildman–Crippen LogP) is 7.50. The summed E-state index contributed by atoms with van der Waals surface area (Å²) in [6.45, 7) is 5.17. The van der Waals surface area contributed by atoms with E-state index in [-0.39, 0.29) is 5.92 Å². The first-order valence-corrected chi connectivity index (χ1v) is 11.1. The highest BCUT2D eigenvalue weighted by atomic mass is 35.5. The van der Waals surface area contributed by atoms with Crippen LogP contribution < -0.4 is 0 Å². The van der Waals surface area contributed by atoms with Crippen molar-refractivity contribution in [2.45, 2.75) is 45.6 Å². The lowest BCUT2D eigenvalue weighted by molar-refractivity contribution is 0.0697. The van der Waals surface area contributed by atoms with Gasteiger partial charge < -0.3 is 9.84 Å². The lowest BCUT2D eigenvalue weighted by Gasteiger charge is -2.19. The van der Waals surface area contributed by atoms with Gasteiger partial charge in [0.15, 0.2) is 0 Å². The van der Waals surface area contributed by atoms with Crippen LogP contribution in [0.25, 0.3) is 11.1 Å².